The quantitative estimate of drug-likeness (QED) is 0.722. The van der Waals surface area contributed by atoms with Crippen LogP contribution in [0.2, 0.25) is 5.02 Å². The molecule has 0 radical (unpaired) electrons. The molecule has 2 aromatic carbocycles. The zero-order chi connectivity index (χ0) is 15.8. The number of amides is 1. The van der Waals surface area contributed by atoms with E-state index in [1.54, 1.807) is 29.2 Å². The highest BCUT2D eigenvalue weighted by Gasteiger charge is 2.28. The third kappa shape index (κ3) is 2.49. The van der Waals surface area contributed by atoms with Gasteiger partial charge in [-0.1, -0.05) is 35.9 Å². The Balaban J connectivity index is 1.64. The first-order valence-electron chi connectivity index (χ1n) is 7.21. The number of benzene rings is 2. The van der Waals surface area contributed by atoms with Crippen LogP contribution >= 0.6 is 11.6 Å². The Kier molecular flexibility index (Phi) is 3.35. The van der Waals surface area contributed by atoms with E-state index in [-0.39, 0.29) is 17.7 Å². The molecular formula is C17H12ClN3O2. The summed E-state index contributed by atoms with van der Waals surface area (Å²) in [6.45, 7) is 0.618. The molecule has 114 valence electrons. The van der Waals surface area contributed by atoms with Gasteiger partial charge in [-0.25, -0.2) is 0 Å². The number of rotatable bonds is 2. The second kappa shape index (κ2) is 5.52. The van der Waals surface area contributed by atoms with Gasteiger partial charge in [0.05, 0.1) is 0 Å². The minimum atomic E-state index is -0.282. The van der Waals surface area contributed by atoms with E-state index in [1.807, 2.05) is 24.3 Å². The van der Waals surface area contributed by atoms with Crippen LogP contribution in [0.5, 0.6) is 0 Å². The van der Waals surface area contributed by atoms with Crippen molar-refractivity contribution in [3.05, 3.63) is 65.0 Å². The zero-order valence-electron chi connectivity index (χ0n) is 12.1. The summed E-state index contributed by atoms with van der Waals surface area (Å²) in [5.41, 5.74) is 2.74. The predicted molar refractivity (Wildman–Crippen MR) is 86.6 cm³/mol. The van der Waals surface area contributed by atoms with E-state index in [2.05, 4.69) is 10.2 Å². The molecule has 1 aliphatic heterocycles. The fourth-order valence-electron chi connectivity index (χ4n) is 2.71. The summed E-state index contributed by atoms with van der Waals surface area (Å²) < 4.78 is 5.54. The van der Waals surface area contributed by atoms with E-state index in [0.717, 1.165) is 17.7 Å². The Morgan fingerprint density at radius 1 is 1.13 bits per heavy atom. The van der Waals surface area contributed by atoms with Crippen LogP contribution in [0.1, 0.15) is 16.2 Å². The molecule has 1 aliphatic rings. The van der Waals surface area contributed by atoms with Gasteiger partial charge in [0.25, 0.3) is 0 Å². The summed E-state index contributed by atoms with van der Waals surface area (Å²) in [6.07, 6.45) is 0.831. The minimum absolute atomic E-state index is 0.0170. The Morgan fingerprint density at radius 2 is 2.00 bits per heavy atom. The van der Waals surface area contributed by atoms with Gasteiger partial charge in [-0.05, 0) is 36.2 Å². The van der Waals surface area contributed by atoms with E-state index in [0.29, 0.717) is 17.1 Å². The summed E-state index contributed by atoms with van der Waals surface area (Å²) in [4.78, 5) is 14.3. The summed E-state index contributed by atoms with van der Waals surface area (Å²) in [6, 6.07) is 14.9. The summed E-state index contributed by atoms with van der Waals surface area (Å²) in [5, 5.41) is 8.41. The number of anilines is 1. The fraction of sp³-hybridized carbons (Fsp3) is 0.118. The van der Waals surface area contributed by atoms with Crippen molar-refractivity contribution in [1.29, 1.82) is 0 Å². The van der Waals surface area contributed by atoms with E-state index in [1.165, 1.54) is 0 Å². The molecule has 4 rings (SSSR count). The van der Waals surface area contributed by atoms with Crippen LogP contribution in [0, 0.1) is 0 Å². The fourth-order valence-corrected chi connectivity index (χ4v) is 2.90. The van der Waals surface area contributed by atoms with E-state index in [9.17, 15) is 4.79 Å². The first kappa shape index (κ1) is 14.0. The highest BCUT2D eigenvalue weighted by Crippen LogP contribution is 2.29. The van der Waals surface area contributed by atoms with Crippen molar-refractivity contribution < 1.29 is 9.21 Å². The molecule has 0 bridgehead atoms. The number of fused-ring (bicyclic) bond motifs is 1. The van der Waals surface area contributed by atoms with Gasteiger partial charge in [0.15, 0.2) is 0 Å². The molecule has 1 amide bonds. The van der Waals surface area contributed by atoms with Crippen molar-refractivity contribution in [2.24, 2.45) is 0 Å². The molecule has 0 spiro atoms. The van der Waals surface area contributed by atoms with E-state index < -0.39 is 0 Å². The maximum absolute atomic E-state index is 12.6. The smallest absolute Gasteiger partial charge is 0.315 e. The van der Waals surface area contributed by atoms with Gasteiger partial charge in [-0.3, -0.25) is 4.79 Å². The number of hydrogen-bond donors (Lipinski definition) is 0. The van der Waals surface area contributed by atoms with Crippen molar-refractivity contribution in [3.8, 4) is 11.5 Å². The zero-order valence-corrected chi connectivity index (χ0v) is 12.8. The maximum atomic E-state index is 12.6. The van der Waals surface area contributed by atoms with Gasteiger partial charge in [0.1, 0.15) is 0 Å². The number of halogens is 1. The molecule has 0 unspecified atom stereocenters. The average Bonchev–Trinajstić information content (AvgIpc) is 3.22. The molecule has 0 aliphatic carbocycles. The third-order valence-corrected chi connectivity index (χ3v) is 4.05. The van der Waals surface area contributed by atoms with Crippen LogP contribution in [-0.4, -0.2) is 22.6 Å². The summed E-state index contributed by atoms with van der Waals surface area (Å²) >= 11 is 5.96. The molecule has 0 fully saturated rings. The minimum Gasteiger partial charge on any atom is -0.412 e. The molecular weight excluding hydrogens is 314 g/mol. The number of aromatic nitrogens is 2. The van der Waals surface area contributed by atoms with Crippen LogP contribution in [-0.2, 0) is 6.42 Å². The lowest BCUT2D eigenvalue weighted by Gasteiger charge is -2.14. The Hall–Kier alpha value is -2.66. The van der Waals surface area contributed by atoms with Gasteiger partial charge in [-0.2, -0.15) is 0 Å². The van der Waals surface area contributed by atoms with Crippen LogP contribution in [0.4, 0.5) is 5.69 Å². The molecule has 0 atom stereocenters. The highest BCUT2D eigenvalue weighted by molar-refractivity contribution is 6.30. The monoisotopic (exact) mass is 325 g/mol. The Bertz CT molecular complexity index is 891. The second-order valence-electron chi connectivity index (χ2n) is 5.26. The molecule has 2 heterocycles. The predicted octanol–water partition coefficient (Wildman–Crippen LogP) is 3.59. The van der Waals surface area contributed by atoms with Crippen LogP contribution in [0.15, 0.2) is 52.9 Å². The molecule has 0 N–H and O–H groups in total. The van der Waals surface area contributed by atoms with Gasteiger partial charge >= 0.3 is 11.8 Å². The SMILES string of the molecule is O=C(c1nnc(-c2cccc(Cl)c2)o1)N1CCc2ccccc21. The van der Waals surface area contributed by atoms with Crippen LogP contribution in [0.3, 0.4) is 0 Å². The maximum Gasteiger partial charge on any atom is 0.315 e. The third-order valence-electron chi connectivity index (χ3n) is 3.81. The van der Waals surface area contributed by atoms with Crippen molar-refractivity contribution in [1.82, 2.24) is 10.2 Å². The number of hydrogen-bond acceptors (Lipinski definition) is 4. The lowest BCUT2D eigenvalue weighted by atomic mass is 10.2. The topological polar surface area (TPSA) is 59.2 Å². The van der Waals surface area contributed by atoms with Gasteiger partial charge in [0.2, 0.25) is 5.89 Å². The average molecular weight is 326 g/mol. The second-order valence-corrected chi connectivity index (χ2v) is 5.69. The summed E-state index contributed by atoms with van der Waals surface area (Å²) in [5.74, 6) is -0.0178. The van der Waals surface area contributed by atoms with Gasteiger partial charge < -0.3 is 9.32 Å². The molecule has 5 nitrogen and oxygen atoms in total. The molecule has 1 aromatic heterocycles. The van der Waals surface area contributed by atoms with Crippen LogP contribution < -0.4 is 4.90 Å². The standard InChI is InChI=1S/C17H12ClN3O2/c18-13-6-3-5-12(10-13)15-19-20-16(23-15)17(22)21-9-8-11-4-1-2-7-14(11)21/h1-7,10H,8-9H2. The Labute approximate surface area is 137 Å². The molecule has 3 aromatic rings. The molecule has 0 saturated heterocycles. The highest BCUT2D eigenvalue weighted by atomic mass is 35.5. The lowest BCUT2D eigenvalue weighted by molar-refractivity contribution is 0.0956. The van der Waals surface area contributed by atoms with Crippen molar-refractivity contribution in [2.45, 2.75) is 6.42 Å². The van der Waals surface area contributed by atoms with Crippen LogP contribution in [0.25, 0.3) is 11.5 Å². The van der Waals surface area contributed by atoms with Gasteiger partial charge in [0, 0.05) is 22.8 Å². The van der Waals surface area contributed by atoms with Crippen molar-refractivity contribution >= 4 is 23.2 Å². The molecule has 0 saturated carbocycles. The lowest BCUT2D eigenvalue weighted by Crippen LogP contribution is -2.29. The number of carbonyl (C=O) groups excluding carboxylic acids is 1. The summed E-state index contributed by atoms with van der Waals surface area (Å²) in [7, 11) is 0. The largest absolute Gasteiger partial charge is 0.412 e. The Morgan fingerprint density at radius 3 is 2.87 bits per heavy atom. The number of nitrogens with zero attached hydrogens (tertiary/aromatic N) is 3. The van der Waals surface area contributed by atoms with E-state index >= 15 is 0 Å². The van der Waals surface area contributed by atoms with Crippen molar-refractivity contribution in [2.75, 3.05) is 11.4 Å². The molecule has 6 heteroatoms. The number of carbonyl (C=O) groups is 1. The first-order chi connectivity index (χ1) is 11.2. The van der Waals surface area contributed by atoms with Crippen molar-refractivity contribution in [3.63, 3.8) is 0 Å². The van der Waals surface area contributed by atoms with E-state index in [4.69, 9.17) is 16.0 Å². The molecule has 23 heavy (non-hydrogen) atoms. The first-order valence-corrected chi connectivity index (χ1v) is 7.59. The number of para-hydroxylation sites is 1. The van der Waals surface area contributed by atoms with Gasteiger partial charge in [-0.15, -0.1) is 10.2 Å². The normalized spacial score (nSPS) is 13.2.